The van der Waals surface area contributed by atoms with Crippen LogP contribution in [0.4, 0.5) is 0 Å². The van der Waals surface area contributed by atoms with Crippen LogP contribution in [0.1, 0.15) is 78.1 Å². The Balaban J connectivity index is 1.66. The van der Waals surface area contributed by atoms with Gasteiger partial charge in [0.1, 0.15) is 5.78 Å². The second kappa shape index (κ2) is 4.34. The first-order chi connectivity index (χ1) is 9.56. The first kappa shape index (κ1) is 13.3. The summed E-state index contributed by atoms with van der Waals surface area (Å²) in [6.45, 7) is 4.92. The van der Waals surface area contributed by atoms with Gasteiger partial charge in [-0.3, -0.25) is 4.79 Å². The third kappa shape index (κ3) is 1.58. The van der Waals surface area contributed by atoms with Crippen LogP contribution in [-0.4, -0.2) is 5.78 Å². The Morgan fingerprint density at radius 1 is 0.900 bits per heavy atom. The van der Waals surface area contributed by atoms with Gasteiger partial charge in [-0.15, -0.1) is 0 Å². The standard InChI is InChI=1S/C19H30O/c1-18-11-4-3-5-13(18)6-7-14-15-8-9-17(20)19(15,2)12-10-16(14)18/h13-16H,3-12H2,1-2H3/t13-,14+,15-,16+,18+,19+/m1/s1. The average molecular weight is 274 g/mol. The van der Waals surface area contributed by atoms with Gasteiger partial charge in [-0.1, -0.05) is 26.7 Å². The van der Waals surface area contributed by atoms with Crippen molar-refractivity contribution in [1.29, 1.82) is 0 Å². The van der Waals surface area contributed by atoms with Gasteiger partial charge in [0.15, 0.2) is 0 Å². The minimum atomic E-state index is 0.0685. The van der Waals surface area contributed by atoms with Gasteiger partial charge < -0.3 is 0 Å². The second-order valence-corrected chi connectivity index (χ2v) is 8.82. The molecule has 1 nitrogen and oxygen atoms in total. The van der Waals surface area contributed by atoms with E-state index in [1.807, 2.05) is 0 Å². The summed E-state index contributed by atoms with van der Waals surface area (Å²) < 4.78 is 0. The summed E-state index contributed by atoms with van der Waals surface area (Å²) in [4.78, 5) is 12.4. The molecule has 0 N–H and O–H groups in total. The van der Waals surface area contributed by atoms with Crippen molar-refractivity contribution in [2.24, 2.45) is 34.5 Å². The normalized spacial score (nSPS) is 55.0. The zero-order chi connectivity index (χ0) is 14.0. The minimum Gasteiger partial charge on any atom is -0.299 e. The minimum absolute atomic E-state index is 0.0685. The highest BCUT2D eigenvalue weighted by molar-refractivity contribution is 5.87. The van der Waals surface area contributed by atoms with Crippen LogP contribution < -0.4 is 0 Å². The molecule has 0 aromatic carbocycles. The molecule has 0 aliphatic heterocycles. The van der Waals surface area contributed by atoms with E-state index >= 15 is 0 Å². The van der Waals surface area contributed by atoms with Crippen LogP contribution in [0.25, 0.3) is 0 Å². The summed E-state index contributed by atoms with van der Waals surface area (Å²) in [6.07, 6.45) is 13.4. The van der Waals surface area contributed by atoms with E-state index in [1.54, 1.807) is 0 Å². The molecule has 4 rings (SSSR count). The number of ketones is 1. The van der Waals surface area contributed by atoms with Crippen molar-refractivity contribution < 1.29 is 4.79 Å². The second-order valence-electron chi connectivity index (χ2n) is 8.82. The topological polar surface area (TPSA) is 17.1 Å². The van der Waals surface area contributed by atoms with Crippen LogP contribution in [0.15, 0.2) is 0 Å². The Kier molecular flexibility index (Phi) is 2.89. The molecule has 20 heavy (non-hydrogen) atoms. The van der Waals surface area contributed by atoms with Gasteiger partial charge in [-0.25, -0.2) is 0 Å². The molecule has 0 aromatic heterocycles. The maximum absolute atomic E-state index is 12.4. The van der Waals surface area contributed by atoms with Crippen LogP contribution in [0.3, 0.4) is 0 Å². The molecule has 0 saturated heterocycles. The Hall–Kier alpha value is -0.330. The van der Waals surface area contributed by atoms with Crippen LogP contribution in [-0.2, 0) is 4.79 Å². The van der Waals surface area contributed by atoms with E-state index in [0.29, 0.717) is 11.2 Å². The third-order valence-electron chi connectivity index (χ3n) is 8.29. The van der Waals surface area contributed by atoms with Crippen molar-refractivity contribution in [3.8, 4) is 0 Å². The molecule has 0 heterocycles. The fourth-order valence-electron chi connectivity index (χ4n) is 7.07. The lowest BCUT2D eigenvalue weighted by Gasteiger charge is -2.59. The Morgan fingerprint density at radius 2 is 1.75 bits per heavy atom. The first-order valence-corrected chi connectivity index (χ1v) is 9.09. The van der Waals surface area contributed by atoms with Crippen LogP contribution in [0.2, 0.25) is 0 Å². The molecule has 4 aliphatic rings. The summed E-state index contributed by atoms with van der Waals surface area (Å²) in [5.74, 6) is 4.13. The largest absolute Gasteiger partial charge is 0.299 e. The molecule has 0 amide bonds. The van der Waals surface area contributed by atoms with Gasteiger partial charge in [-0.2, -0.15) is 0 Å². The van der Waals surface area contributed by atoms with Crippen LogP contribution in [0.5, 0.6) is 0 Å². The Labute approximate surface area is 123 Å². The maximum Gasteiger partial charge on any atom is 0.139 e. The monoisotopic (exact) mass is 274 g/mol. The number of fused-ring (bicyclic) bond motifs is 5. The number of rotatable bonds is 0. The SMILES string of the molecule is C[C@]12CCCC[C@@H]1CC[C@H]1[C@H]3CCC(=O)[C@@]3(C)CC[C@@H]12. The molecule has 1 heteroatoms. The molecular weight excluding hydrogens is 244 g/mol. The predicted molar refractivity (Wildman–Crippen MR) is 81.4 cm³/mol. The van der Waals surface area contributed by atoms with Crippen molar-refractivity contribution in [3.63, 3.8) is 0 Å². The van der Waals surface area contributed by atoms with Crippen LogP contribution >= 0.6 is 0 Å². The van der Waals surface area contributed by atoms with Crippen molar-refractivity contribution in [2.45, 2.75) is 78.1 Å². The van der Waals surface area contributed by atoms with Crippen molar-refractivity contribution >= 4 is 5.78 Å². The molecule has 112 valence electrons. The number of hydrogen-bond acceptors (Lipinski definition) is 1. The molecule has 4 aliphatic carbocycles. The molecule has 4 fully saturated rings. The fraction of sp³-hybridized carbons (Fsp3) is 0.947. The van der Waals surface area contributed by atoms with Gasteiger partial charge in [0.05, 0.1) is 0 Å². The van der Waals surface area contributed by atoms with Gasteiger partial charge in [0, 0.05) is 11.8 Å². The molecule has 0 radical (unpaired) electrons. The van der Waals surface area contributed by atoms with E-state index in [4.69, 9.17) is 0 Å². The van der Waals surface area contributed by atoms with Crippen molar-refractivity contribution in [1.82, 2.24) is 0 Å². The molecule has 4 saturated carbocycles. The van der Waals surface area contributed by atoms with Crippen molar-refractivity contribution in [3.05, 3.63) is 0 Å². The maximum atomic E-state index is 12.4. The highest BCUT2D eigenvalue weighted by Gasteiger charge is 2.59. The van der Waals surface area contributed by atoms with E-state index in [1.165, 1.54) is 57.8 Å². The predicted octanol–water partition coefficient (Wildman–Crippen LogP) is 4.99. The van der Waals surface area contributed by atoms with E-state index in [9.17, 15) is 4.79 Å². The average Bonchev–Trinajstić information content (AvgIpc) is 2.74. The van der Waals surface area contributed by atoms with Gasteiger partial charge >= 0.3 is 0 Å². The van der Waals surface area contributed by atoms with Gasteiger partial charge in [0.25, 0.3) is 0 Å². The number of hydrogen-bond donors (Lipinski definition) is 0. The molecule has 0 spiro atoms. The van der Waals surface area contributed by atoms with E-state index in [2.05, 4.69) is 13.8 Å². The molecule has 0 bridgehead atoms. The summed E-state index contributed by atoms with van der Waals surface area (Å²) in [7, 11) is 0. The van der Waals surface area contributed by atoms with E-state index in [0.717, 1.165) is 30.1 Å². The number of Topliss-reactive ketones (excluding diaryl/α,β-unsaturated/α-hetero) is 1. The van der Waals surface area contributed by atoms with Crippen molar-refractivity contribution in [2.75, 3.05) is 0 Å². The van der Waals surface area contributed by atoms with Gasteiger partial charge in [-0.05, 0) is 74.0 Å². The summed E-state index contributed by atoms with van der Waals surface area (Å²) in [5.41, 5.74) is 0.688. The lowest BCUT2D eigenvalue weighted by molar-refractivity contribution is -0.138. The Bertz CT molecular complexity index is 427. The lowest BCUT2D eigenvalue weighted by atomic mass is 9.45. The van der Waals surface area contributed by atoms with Crippen LogP contribution in [0, 0.1) is 34.5 Å². The quantitative estimate of drug-likeness (QED) is 0.608. The van der Waals surface area contributed by atoms with E-state index < -0.39 is 0 Å². The summed E-state index contributed by atoms with van der Waals surface area (Å²) >= 11 is 0. The zero-order valence-electron chi connectivity index (χ0n) is 13.3. The fourth-order valence-corrected chi connectivity index (χ4v) is 7.07. The first-order valence-electron chi connectivity index (χ1n) is 9.09. The summed E-state index contributed by atoms with van der Waals surface area (Å²) in [5, 5.41) is 0. The highest BCUT2D eigenvalue weighted by Crippen LogP contribution is 2.65. The molecule has 6 atom stereocenters. The highest BCUT2D eigenvalue weighted by atomic mass is 16.1. The number of carbonyl (C=O) groups excluding carboxylic acids is 1. The third-order valence-corrected chi connectivity index (χ3v) is 8.29. The lowest BCUT2D eigenvalue weighted by Crippen LogP contribution is -2.52. The molecule has 0 unspecified atom stereocenters. The van der Waals surface area contributed by atoms with Gasteiger partial charge in [0.2, 0.25) is 0 Å². The zero-order valence-corrected chi connectivity index (χ0v) is 13.3. The molecular formula is C19H30O. The smallest absolute Gasteiger partial charge is 0.139 e. The van der Waals surface area contributed by atoms with E-state index in [-0.39, 0.29) is 5.41 Å². The molecule has 0 aromatic rings. The Morgan fingerprint density at radius 3 is 2.60 bits per heavy atom. The summed E-state index contributed by atoms with van der Waals surface area (Å²) in [6, 6.07) is 0. The number of carbonyl (C=O) groups is 1.